The average molecular weight is 139 g/mol. The lowest BCUT2D eigenvalue weighted by Gasteiger charge is -1.98. The lowest BCUT2D eigenvalue weighted by atomic mass is 10.2. The zero-order valence-corrected chi connectivity index (χ0v) is 6.41. The van der Waals surface area contributed by atoms with Crippen LogP contribution in [0.3, 0.4) is 0 Å². The lowest BCUT2D eigenvalue weighted by Crippen LogP contribution is -2.18. The van der Waals surface area contributed by atoms with E-state index in [1.165, 1.54) is 0 Å². The topological polar surface area (TPSA) is 43.8 Å². The number of aryl methyl sites for hydroxylation is 1. The van der Waals surface area contributed by atoms with Gasteiger partial charge in [0.05, 0.1) is 5.69 Å². The van der Waals surface area contributed by atoms with Crippen LogP contribution < -0.4 is 5.73 Å². The lowest BCUT2D eigenvalue weighted by molar-refractivity contribution is 0.685. The van der Waals surface area contributed by atoms with Crippen LogP contribution in [0.5, 0.6) is 0 Å². The standard InChI is InChI=1S/C7H13N3/c1-6(8)5-7-3-4-10(2)9-7/h3-4,6H,5,8H2,1-2H3/t6-/m1/s1. The average Bonchev–Trinajstić information content (AvgIpc) is 2.13. The highest BCUT2D eigenvalue weighted by atomic mass is 15.2. The molecule has 1 heterocycles. The van der Waals surface area contributed by atoms with E-state index in [9.17, 15) is 0 Å². The van der Waals surface area contributed by atoms with Crippen molar-refractivity contribution < 1.29 is 0 Å². The number of aromatic nitrogens is 2. The summed E-state index contributed by atoms with van der Waals surface area (Å²) in [6.07, 6.45) is 2.79. The van der Waals surface area contributed by atoms with Gasteiger partial charge in [-0.05, 0) is 13.0 Å². The van der Waals surface area contributed by atoms with Crippen LogP contribution in [0.1, 0.15) is 12.6 Å². The summed E-state index contributed by atoms with van der Waals surface area (Å²) in [5, 5.41) is 4.19. The van der Waals surface area contributed by atoms with Gasteiger partial charge in [0.1, 0.15) is 0 Å². The molecule has 0 aliphatic carbocycles. The second-order valence-electron chi connectivity index (χ2n) is 2.66. The molecule has 3 nitrogen and oxygen atoms in total. The van der Waals surface area contributed by atoms with Gasteiger partial charge < -0.3 is 5.73 Å². The second-order valence-corrected chi connectivity index (χ2v) is 2.66. The Balaban J connectivity index is 2.58. The summed E-state index contributed by atoms with van der Waals surface area (Å²) in [6, 6.07) is 2.19. The molecule has 1 aromatic heterocycles. The third-order valence-electron chi connectivity index (χ3n) is 1.30. The van der Waals surface area contributed by atoms with Crippen molar-refractivity contribution in [1.82, 2.24) is 9.78 Å². The highest BCUT2D eigenvalue weighted by Crippen LogP contribution is 1.96. The minimum atomic E-state index is 0.204. The van der Waals surface area contributed by atoms with Crippen LogP contribution >= 0.6 is 0 Å². The normalized spacial score (nSPS) is 13.5. The van der Waals surface area contributed by atoms with Gasteiger partial charge in [0.2, 0.25) is 0 Å². The van der Waals surface area contributed by atoms with Crippen molar-refractivity contribution in [3.8, 4) is 0 Å². The molecule has 0 aliphatic heterocycles. The van der Waals surface area contributed by atoms with Gasteiger partial charge in [0.15, 0.2) is 0 Å². The molecule has 0 aliphatic rings. The summed E-state index contributed by atoms with van der Waals surface area (Å²) in [5.41, 5.74) is 6.65. The fourth-order valence-corrected chi connectivity index (χ4v) is 0.902. The Labute approximate surface area is 60.8 Å². The predicted octanol–water partition coefficient (Wildman–Crippen LogP) is 0.310. The molecule has 1 rings (SSSR count). The molecular weight excluding hydrogens is 126 g/mol. The molecular formula is C7H13N3. The molecule has 0 saturated heterocycles. The van der Waals surface area contributed by atoms with Gasteiger partial charge in [-0.1, -0.05) is 0 Å². The van der Waals surface area contributed by atoms with Gasteiger partial charge >= 0.3 is 0 Å². The van der Waals surface area contributed by atoms with Crippen molar-refractivity contribution in [2.45, 2.75) is 19.4 Å². The SMILES string of the molecule is C[C@@H](N)Cc1ccn(C)n1. The zero-order valence-electron chi connectivity index (χ0n) is 6.41. The summed E-state index contributed by atoms with van der Waals surface area (Å²) in [7, 11) is 1.91. The van der Waals surface area contributed by atoms with E-state index in [0.29, 0.717) is 0 Å². The fraction of sp³-hybridized carbons (Fsp3) is 0.571. The van der Waals surface area contributed by atoms with E-state index in [1.807, 2.05) is 26.2 Å². The van der Waals surface area contributed by atoms with E-state index in [1.54, 1.807) is 4.68 Å². The molecule has 0 spiro atoms. The zero-order chi connectivity index (χ0) is 7.56. The Morgan fingerprint density at radius 1 is 1.80 bits per heavy atom. The first kappa shape index (κ1) is 7.28. The van der Waals surface area contributed by atoms with Crippen LogP contribution in [0.2, 0.25) is 0 Å². The molecule has 0 fully saturated rings. The monoisotopic (exact) mass is 139 g/mol. The fourth-order valence-electron chi connectivity index (χ4n) is 0.902. The molecule has 0 saturated carbocycles. The Morgan fingerprint density at radius 3 is 2.90 bits per heavy atom. The largest absolute Gasteiger partial charge is 0.328 e. The van der Waals surface area contributed by atoms with E-state index in [4.69, 9.17) is 5.73 Å². The number of hydrogen-bond acceptors (Lipinski definition) is 2. The molecule has 0 bridgehead atoms. The summed E-state index contributed by atoms with van der Waals surface area (Å²) in [5.74, 6) is 0. The first-order valence-electron chi connectivity index (χ1n) is 3.42. The van der Waals surface area contributed by atoms with E-state index in [0.717, 1.165) is 12.1 Å². The third-order valence-corrected chi connectivity index (χ3v) is 1.30. The van der Waals surface area contributed by atoms with Crippen LogP contribution in [-0.4, -0.2) is 15.8 Å². The van der Waals surface area contributed by atoms with Crippen molar-refractivity contribution in [3.05, 3.63) is 18.0 Å². The molecule has 0 radical (unpaired) electrons. The summed E-state index contributed by atoms with van der Waals surface area (Å²) < 4.78 is 1.79. The van der Waals surface area contributed by atoms with Gasteiger partial charge in [-0.2, -0.15) is 5.10 Å². The highest BCUT2D eigenvalue weighted by Gasteiger charge is 1.98. The first-order valence-corrected chi connectivity index (χ1v) is 3.42. The van der Waals surface area contributed by atoms with E-state index in [-0.39, 0.29) is 6.04 Å². The van der Waals surface area contributed by atoms with Gasteiger partial charge in [-0.3, -0.25) is 4.68 Å². The van der Waals surface area contributed by atoms with Crippen molar-refractivity contribution in [2.24, 2.45) is 12.8 Å². The number of nitrogens with two attached hydrogens (primary N) is 1. The Kier molecular flexibility index (Phi) is 2.06. The first-order chi connectivity index (χ1) is 4.68. The third kappa shape index (κ3) is 1.84. The maximum atomic E-state index is 5.58. The predicted molar refractivity (Wildman–Crippen MR) is 40.6 cm³/mol. The Bertz CT molecular complexity index is 202. The molecule has 0 aromatic carbocycles. The highest BCUT2D eigenvalue weighted by molar-refractivity contribution is 5.00. The number of nitrogens with zero attached hydrogens (tertiary/aromatic N) is 2. The van der Waals surface area contributed by atoms with Gasteiger partial charge in [-0.15, -0.1) is 0 Å². The van der Waals surface area contributed by atoms with Gasteiger partial charge in [-0.25, -0.2) is 0 Å². The molecule has 3 heteroatoms. The molecule has 0 unspecified atom stereocenters. The molecule has 1 aromatic rings. The van der Waals surface area contributed by atoms with E-state index >= 15 is 0 Å². The maximum absolute atomic E-state index is 5.58. The molecule has 56 valence electrons. The van der Waals surface area contributed by atoms with Crippen LogP contribution in [0.4, 0.5) is 0 Å². The van der Waals surface area contributed by atoms with Crippen molar-refractivity contribution >= 4 is 0 Å². The van der Waals surface area contributed by atoms with Crippen molar-refractivity contribution in [2.75, 3.05) is 0 Å². The van der Waals surface area contributed by atoms with Crippen LogP contribution in [0.25, 0.3) is 0 Å². The minimum absolute atomic E-state index is 0.204. The number of hydrogen-bond donors (Lipinski definition) is 1. The second kappa shape index (κ2) is 2.84. The van der Waals surface area contributed by atoms with E-state index in [2.05, 4.69) is 5.10 Å². The smallest absolute Gasteiger partial charge is 0.0639 e. The van der Waals surface area contributed by atoms with Crippen LogP contribution in [0.15, 0.2) is 12.3 Å². The minimum Gasteiger partial charge on any atom is -0.328 e. The molecule has 1 atom stereocenters. The summed E-state index contributed by atoms with van der Waals surface area (Å²) in [4.78, 5) is 0. The number of rotatable bonds is 2. The summed E-state index contributed by atoms with van der Waals surface area (Å²) >= 11 is 0. The summed E-state index contributed by atoms with van der Waals surface area (Å²) in [6.45, 7) is 1.98. The van der Waals surface area contributed by atoms with E-state index < -0.39 is 0 Å². The Morgan fingerprint density at radius 2 is 2.50 bits per heavy atom. The molecule has 0 amide bonds. The van der Waals surface area contributed by atoms with Crippen molar-refractivity contribution in [3.63, 3.8) is 0 Å². The Hall–Kier alpha value is -0.830. The van der Waals surface area contributed by atoms with Crippen molar-refractivity contribution in [1.29, 1.82) is 0 Å². The van der Waals surface area contributed by atoms with Crippen LogP contribution in [-0.2, 0) is 13.5 Å². The quantitative estimate of drug-likeness (QED) is 0.640. The van der Waals surface area contributed by atoms with Gasteiger partial charge in [0.25, 0.3) is 0 Å². The molecule has 2 N–H and O–H groups in total. The molecule has 10 heavy (non-hydrogen) atoms. The van der Waals surface area contributed by atoms with Gasteiger partial charge in [0, 0.05) is 25.7 Å². The van der Waals surface area contributed by atoms with Crippen LogP contribution in [0, 0.1) is 0 Å². The maximum Gasteiger partial charge on any atom is 0.0639 e.